The van der Waals surface area contributed by atoms with Gasteiger partial charge in [0.15, 0.2) is 0 Å². The summed E-state index contributed by atoms with van der Waals surface area (Å²) in [7, 11) is 0. The smallest absolute Gasteiger partial charge is 0.0754 e. The zero-order valence-electron chi connectivity index (χ0n) is 15.6. The fourth-order valence-electron chi connectivity index (χ4n) is 3.90. The van der Waals surface area contributed by atoms with E-state index in [1.165, 1.54) is 27.6 Å². The summed E-state index contributed by atoms with van der Waals surface area (Å²) in [5, 5.41) is 11.2. The van der Waals surface area contributed by atoms with Crippen LogP contribution < -0.4 is 0 Å². The van der Waals surface area contributed by atoms with E-state index < -0.39 is 0 Å². The van der Waals surface area contributed by atoms with Gasteiger partial charge in [-0.1, -0.05) is 35.9 Å². The summed E-state index contributed by atoms with van der Waals surface area (Å²) in [5.74, 6) is 0. The number of piperidine rings is 1. The predicted molar refractivity (Wildman–Crippen MR) is 107 cm³/mol. The van der Waals surface area contributed by atoms with E-state index in [4.69, 9.17) is 4.98 Å². The van der Waals surface area contributed by atoms with Crippen molar-refractivity contribution in [3.05, 3.63) is 65.2 Å². The highest BCUT2D eigenvalue weighted by molar-refractivity contribution is 5.84. The number of benzene rings is 2. The first kappa shape index (κ1) is 17.2. The summed E-state index contributed by atoms with van der Waals surface area (Å²) in [5.41, 5.74) is 6.98. The third kappa shape index (κ3) is 3.64. The average Bonchev–Trinajstić information content (AvgIpc) is 2.61. The van der Waals surface area contributed by atoms with E-state index in [1.54, 1.807) is 0 Å². The van der Waals surface area contributed by atoms with Crippen molar-refractivity contribution < 1.29 is 5.11 Å². The summed E-state index contributed by atoms with van der Waals surface area (Å²) in [6.07, 6.45) is 1.76. The van der Waals surface area contributed by atoms with Gasteiger partial charge in [0.2, 0.25) is 0 Å². The number of rotatable bonds is 3. The molecule has 2 aromatic carbocycles. The Balaban J connectivity index is 1.80. The molecule has 0 saturated carbocycles. The molecule has 1 fully saturated rings. The number of β-amino-alcohol motifs (C(OH)–C–C–N with tert-alkyl or cyclic N) is 1. The van der Waals surface area contributed by atoms with E-state index in [-0.39, 0.29) is 6.10 Å². The minimum absolute atomic E-state index is 0.206. The molecule has 3 aromatic rings. The van der Waals surface area contributed by atoms with Crippen LogP contribution in [0.2, 0.25) is 0 Å². The highest BCUT2D eigenvalue weighted by atomic mass is 16.3. The first-order valence-corrected chi connectivity index (χ1v) is 9.46. The molecule has 0 spiro atoms. The standard InChI is InChI=1S/C23H26N2O/c1-16-5-3-6-19(11-16)23-20(14-25-10-4-7-21(26)15-25)13-18-9-8-17(2)12-22(18)24-23/h3,5-6,8-9,11-13,21,26H,4,7,10,14-15H2,1-2H3/t21-/m0/s1. The lowest BCUT2D eigenvalue weighted by Gasteiger charge is -2.30. The number of aromatic nitrogens is 1. The molecule has 134 valence electrons. The minimum Gasteiger partial charge on any atom is -0.392 e. The van der Waals surface area contributed by atoms with E-state index >= 15 is 0 Å². The summed E-state index contributed by atoms with van der Waals surface area (Å²) in [6.45, 7) is 6.85. The van der Waals surface area contributed by atoms with Crippen LogP contribution in [0.5, 0.6) is 0 Å². The van der Waals surface area contributed by atoms with Crippen molar-refractivity contribution in [1.82, 2.24) is 9.88 Å². The highest BCUT2D eigenvalue weighted by Gasteiger charge is 2.20. The maximum atomic E-state index is 10.0. The largest absolute Gasteiger partial charge is 0.392 e. The van der Waals surface area contributed by atoms with Gasteiger partial charge in [0, 0.05) is 24.0 Å². The van der Waals surface area contributed by atoms with Gasteiger partial charge < -0.3 is 5.11 Å². The fourth-order valence-corrected chi connectivity index (χ4v) is 3.90. The maximum absolute atomic E-state index is 10.0. The van der Waals surface area contributed by atoms with E-state index in [1.807, 2.05) is 0 Å². The Morgan fingerprint density at radius 2 is 1.92 bits per heavy atom. The van der Waals surface area contributed by atoms with Crippen LogP contribution in [-0.4, -0.2) is 34.2 Å². The predicted octanol–water partition coefficient (Wildman–Crippen LogP) is 4.48. The van der Waals surface area contributed by atoms with Gasteiger partial charge in [-0.15, -0.1) is 0 Å². The zero-order valence-corrected chi connectivity index (χ0v) is 15.6. The number of aryl methyl sites for hydroxylation is 2. The zero-order chi connectivity index (χ0) is 18.1. The van der Waals surface area contributed by atoms with Crippen LogP contribution in [0.1, 0.15) is 29.5 Å². The Labute approximate surface area is 155 Å². The first-order valence-electron chi connectivity index (χ1n) is 9.46. The molecule has 0 bridgehead atoms. The Morgan fingerprint density at radius 3 is 2.73 bits per heavy atom. The molecule has 0 radical (unpaired) electrons. The summed E-state index contributed by atoms with van der Waals surface area (Å²) < 4.78 is 0. The Kier molecular flexibility index (Phi) is 4.75. The molecule has 4 rings (SSSR count). The Hall–Kier alpha value is -2.23. The third-order valence-corrected chi connectivity index (χ3v) is 5.22. The number of aliphatic hydroxyl groups excluding tert-OH is 1. The second kappa shape index (κ2) is 7.18. The number of nitrogens with zero attached hydrogens (tertiary/aromatic N) is 2. The summed E-state index contributed by atoms with van der Waals surface area (Å²) in [4.78, 5) is 7.39. The molecule has 1 atom stereocenters. The van der Waals surface area contributed by atoms with Gasteiger partial charge in [-0.25, -0.2) is 4.98 Å². The normalized spacial score (nSPS) is 18.3. The van der Waals surface area contributed by atoms with Gasteiger partial charge in [0.05, 0.1) is 17.3 Å². The topological polar surface area (TPSA) is 36.4 Å². The molecule has 3 nitrogen and oxygen atoms in total. The Morgan fingerprint density at radius 1 is 1.08 bits per heavy atom. The molecule has 1 aliphatic heterocycles. The van der Waals surface area contributed by atoms with Crippen LogP contribution in [-0.2, 0) is 6.54 Å². The van der Waals surface area contributed by atoms with Crippen LogP contribution in [0.3, 0.4) is 0 Å². The van der Waals surface area contributed by atoms with Crippen LogP contribution in [0.4, 0.5) is 0 Å². The molecule has 1 N–H and O–H groups in total. The van der Waals surface area contributed by atoms with Gasteiger partial charge in [-0.3, -0.25) is 4.90 Å². The molecular weight excluding hydrogens is 320 g/mol. The molecule has 0 unspecified atom stereocenters. The maximum Gasteiger partial charge on any atom is 0.0754 e. The molecule has 1 aliphatic rings. The van der Waals surface area contributed by atoms with Gasteiger partial charge in [0.1, 0.15) is 0 Å². The van der Waals surface area contributed by atoms with Crippen LogP contribution in [0.15, 0.2) is 48.5 Å². The van der Waals surface area contributed by atoms with Gasteiger partial charge in [-0.2, -0.15) is 0 Å². The third-order valence-electron chi connectivity index (χ3n) is 5.22. The van der Waals surface area contributed by atoms with Crippen molar-refractivity contribution in [3.63, 3.8) is 0 Å². The number of fused-ring (bicyclic) bond motifs is 1. The number of hydrogen-bond acceptors (Lipinski definition) is 3. The lowest BCUT2D eigenvalue weighted by molar-refractivity contribution is 0.0669. The van der Waals surface area contributed by atoms with Gasteiger partial charge >= 0.3 is 0 Å². The van der Waals surface area contributed by atoms with Crippen molar-refractivity contribution >= 4 is 10.9 Å². The monoisotopic (exact) mass is 346 g/mol. The average molecular weight is 346 g/mol. The van der Waals surface area contributed by atoms with Crippen molar-refractivity contribution in [3.8, 4) is 11.3 Å². The summed E-state index contributed by atoms with van der Waals surface area (Å²) in [6, 6.07) is 17.3. The van der Waals surface area contributed by atoms with Gasteiger partial charge in [-0.05, 0) is 62.6 Å². The Bertz CT molecular complexity index is 935. The van der Waals surface area contributed by atoms with E-state index in [2.05, 4.69) is 67.3 Å². The van der Waals surface area contributed by atoms with Crippen molar-refractivity contribution in [2.45, 2.75) is 39.3 Å². The van der Waals surface area contributed by atoms with E-state index in [0.717, 1.165) is 43.7 Å². The molecule has 1 saturated heterocycles. The van der Waals surface area contributed by atoms with Crippen LogP contribution in [0, 0.1) is 13.8 Å². The molecule has 2 heterocycles. The van der Waals surface area contributed by atoms with Crippen molar-refractivity contribution in [2.24, 2.45) is 0 Å². The highest BCUT2D eigenvalue weighted by Crippen LogP contribution is 2.28. The van der Waals surface area contributed by atoms with Crippen LogP contribution in [0.25, 0.3) is 22.2 Å². The number of hydrogen-bond donors (Lipinski definition) is 1. The molecule has 26 heavy (non-hydrogen) atoms. The fraction of sp³-hybridized carbons (Fsp3) is 0.348. The number of likely N-dealkylation sites (tertiary alicyclic amines) is 1. The van der Waals surface area contributed by atoms with Crippen LogP contribution >= 0.6 is 0 Å². The second-order valence-electron chi connectivity index (χ2n) is 7.59. The first-order chi connectivity index (χ1) is 12.6. The number of aliphatic hydroxyl groups is 1. The SMILES string of the molecule is Cc1cccc(-c2nc3cc(C)ccc3cc2CN2CCC[C@H](O)C2)c1. The molecule has 3 heteroatoms. The molecule has 1 aromatic heterocycles. The second-order valence-corrected chi connectivity index (χ2v) is 7.59. The van der Waals surface area contributed by atoms with Gasteiger partial charge in [0.25, 0.3) is 0 Å². The quantitative estimate of drug-likeness (QED) is 0.760. The minimum atomic E-state index is -0.206. The molecular formula is C23H26N2O. The van der Waals surface area contributed by atoms with E-state index in [0.29, 0.717) is 0 Å². The summed E-state index contributed by atoms with van der Waals surface area (Å²) >= 11 is 0. The lowest BCUT2D eigenvalue weighted by atomic mass is 9.99. The molecule has 0 amide bonds. The number of pyridine rings is 1. The van der Waals surface area contributed by atoms with E-state index in [9.17, 15) is 5.11 Å². The van der Waals surface area contributed by atoms with Crippen molar-refractivity contribution in [1.29, 1.82) is 0 Å². The molecule has 0 aliphatic carbocycles. The van der Waals surface area contributed by atoms with Crippen molar-refractivity contribution in [2.75, 3.05) is 13.1 Å². The lowest BCUT2D eigenvalue weighted by Crippen LogP contribution is -2.37.